The molecule has 0 saturated carbocycles. The van der Waals surface area contributed by atoms with Gasteiger partial charge in [0.25, 0.3) is 0 Å². The molecule has 2 rings (SSSR count). The first kappa shape index (κ1) is 9.51. The number of rotatable bonds is 3. The highest BCUT2D eigenvalue weighted by Gasteiger charge is 2.22. The molecule has 0 aliphatic carbocycles. The Bertz CT molecular complexity index is 412. The van der Waals surface area contributed by atoms with E-state index >= 15 is 0 Å². The number of carbonyl (C=O) groups excluding carboxylic acids is 1. The highest BCUT2D eigenvalue weighted by molar-refractivity contribution is 5.93. The van der Waals surface area contributed by atoms with Gasteiger partial charge in [-0.05, 0) is 17.7 Å². The molecular formula is C10H8O5. The van der Waals surface area contributed by atoms with Gasteiger partial charge in [0, 0.05) is 0 Å². The molecule has 1 N–H and O–H groups in total. The summed E-state index contributed by atoms with van der Waals surface area (Å²) in [6, 6.07) is 4.65. The van der Waals surface area contributed by atoms with Gasteiger partial charge in [0.05, 0.1) is 0 Å². The standard InChI is InChI=1S/C10H8O5/c11-4-7(10(12)13)6-1-2-8-9(3-6)15-5-14-8/h1-4,7H,5H2,(H,12,13). The van der Waals surface area contributed by atoms with Gasteiger partial charge in [0.1, 0.15) is 12.2 Å². The Hall–Kier alpha value is -2.04. The fraction of sp³-hybridized carbons (Fsp3) is 0.200. The van der Waals surface area contributed by atoms with Crippen molar-refractivity contribution in [1.82, 2.24) is 0 Å². The minimum Gasteiger partial charge on any atom is -0.480 e. The lowest BCUT2D eigenvalue weighted by molar-refractivity contribution is -0.140. The van der Waals surface area contributed by atoms with Crippen LogP contribution in [-0.2, 0) is 9.59 Å². The van der Waals surface area contributed by atoms with Crippen LogP contribution in [0, 0.1) is 0 Å². The van der Waals surface area contributed by atoms with Crippen LogP contribution in [0.3, 0.4) is 0 Å². The van der Waals surface area contributed by atoms with Crippen molar-refractivity contribution in [3.05, 3.63) is 23.8 Å². The Morgan fingerprint density at radius 1 is 1.40 bits per heavy atom. The van der Waals surface area contributed by atoms with Gasteiger partial charge in [-0.15, -0.1) is 0 Å². The minimum absolute atomic E-state index is 0.123. The molecule has 1 aromatic rings. The summed E-state index contributed by atoms with van der Waals surface area (Å²) in [5.74, 6) is -1.29. The van der Waals surface area contributed by atoms with Gasteiger partial charge in [-0.1, -0.05) is 6.07 Å². The lowest BCUT2D eigenvalue weighted by Gasteiger charge is -2.05. The first-order valence-electron chi connectivity index (χ1n) is 4.30. The second-order valence-corrected chi connectivity index (χ2v) is 3.06. The zero-order chi connectivity index (χ0) is 10.8. The Kier molecular flexibility index (Phi) is 2.29. The molecule has 0 aromatic heterocycles. The lowest BCUT2D eigenvalue weighted by Crippen LogP contribution is -2.12. The van der Waals surface area contributed by atoms with Crippen molar-refractivity contribution in [2.45, 2.75) is 5.92 Å². The van der Waals surface area contributed by atoms with Gasteiger partial charge in [-0.25, -0.2) is 0 Å². The second-order valence-electron chi connectivity index (χ2n) is 3.06. The Balaban J connectivity index is 2.37. The predicted molar refractivity (Wildman–Crippen MR) is 49.0 cm³/mol. The fourth-order valence-electron chi connectivity index (χ4n) is 1.39. The third-order valence-corrected chi connectivity index (χ3v) is 2.16. The maximum absolute atomic E-state index is 10.7. The van der Waals surface area contributed by atoms with Crippen LogP contribution in [0.4, 0.5) is 0 Å². The quantitative estimate of drug-likeness (QED) is 0.587. The normalized spacial score (nSPS) is 14.7. The first-order valence-corrected chi connectivity index (χ1v) is 4.30. The molecule has 15 heavy (non-hydrogen) atoms. The van der Waals surface area contributed by atoms with E-state index in [0.29, 0.717) is 23.3 Å². The largest absolute Gasteiger partial charge is 0.480 e. The smallest absolute Gasteiger partial charge is 0.318 e. The summed E-state index contributed by atoms with van der Waals surface area (Å²) in [5.41, 5.74) is 0.391. The van der Waals surface area contributed by atoms with Crippen LogP contribution in [0.25, 0.3) is 0 Å². The molecule has 78 valence electrons. The Morgan fingerprint density at radius 3 is 2.80 bits per heavy atom. The van der Waals surface area contributed by atoms with Gasteiger partial charge in [0.2, 0.25) is 6.79 Å². The van der Waals surface area contributed by atoms with Crippen LogP contribution in [0.15, 0.2) is 18.2 Å². The van der Waals surface area contributed by atoms with E-state index in [0.717, 1.165) is 0 Å². The van der Waals surface area contributed by atoms with Crippen molar-refractivity contribution >= 4 is 12.3 Å². The summed E-state index contributed by atoms with van der Waals surface area (Å²) in [6.07, 6.45) is 0.389. The zero-order valence-corrected chi connectivity index (χ0v) is 7.67. The number of carboxylic acid groups (broad SMARTS) is 1. The topological polar surface area (TPSA) is 72.8 Å². The molecule has 5 nitrogen and oxygen atoms in total. The van der Waals surface area contributed by atoms with Crippen LogP contribution in [0.1, 0.15) is 11.5 Å². The Morgan fingerprint density at radius 2 is 2.13 bits per heavy atom. The summed E-state index contributed by atoms with van der Waals surface area (Å²) >= 11 is 0. The van der Waals surface area contributed by atoms with E-state index in [1.807, 2.05) is 0 Å². The van der Waals surface area contributed by atoms with Gasteiger partial charge < -0.3 is 19.4 Å². The van der Waals surface area contributed by atoms with E-state index in [1.54, 1.807) is 12.1 Å². The molecule has 5 heteroatoms. The number of hydrogen-bond donors (Lipinski definition) is 1. The lowest BCUT2D eigenvalue weighted by atomic mass is 10.0. The van der Waals surface area contributed by atoms with Crippen molar-refractivity contribution in [3.8, 4) is 11.5 Å². The van der Waals surface area contributed by atoms with Gasteiger partial charge in [-0.3, -0.25) is 4.79 Å². The maximum Gasteiger partial charge on any atom is 0.318 e. The molecule has 1 aromatic carbocycles. The number of hydrogen-bond acceptors (Lipinski definition) is 4. The molecule has 0 fully saturated rings. The van der Waals surface area contributed by atoms with Crippen molar-refractivity contribution in [3.63, 3.8) is 0 Å². The maximum atomic E-state index is 10.7. The SMILES string of the molecule is O=CC(C(=O)O)c1ccc2c(c1)OCO2. The van der Waals surface area contributed by atoms with E-state index < -0.39 is 11.9 Å². The number of carboxylic acids is 1. The van der Waals surface area contributed by atoms with E-state index in [2.05, 4.69) is 0 Å². The van der Waals surface area contributed by atoms with Gasteiger partial charge in [0.15, 0.2) is 11.5 Å². The van der Waals surface area contributed by atoms with Crippen molar-refractivity contribution in [1.29, 1.82) is 0 Å². The van der Waals surface area contributed by atoms with E-state index in [9.17, 15) is 9.59 Å². The predicted octanol–water partition coefficient (Wildman–Crippen LogP) is 0.782. The second kappa shape index (κ2) is 3.61. The highest BCUT2D eigenvalue weighted by atomic mass is 16.7. The number of ether oxygens (including phenoxy) is 2. The molecule has 0 saturated heterocycles. The van der Waals surface area contributed by atoms with E-state index in [4.69, 9.17) is 14.6 Å². The van der Waals surface area contributed by atoms with Gasteiger partial charge in [-0.2, -0.15) is 0 Å². The molecule has 0 spiro atoms. The molecule has 1 atom stereocenters. The summed E-state index contributed by atoms with van der Waals surface area (Å²) in [5, 5.41) is 8.77. The monoisotopic (exact) mass is 208 g/mol. The number of fused-ring (bicyclic) bond motifs is 1. The molecule has 0 radical (unpaired) electrons. The molecule has 0 bridgehead atoms. The van der Waals surface area contributed by atoms with Crippen molar-refractivity contribution in [2.24, 2.45) is 0 Å². The molecule has 1 aliphatic heterocycles. The number of benzene rings is 1. The number of aldehydes is 1. The van der Waals surface area contributed by atoms with Crippen LogP contribution in [0.2, 0.25) is 0 Å². The van der Waals surface area contributed by atoms with E-state index in [-0.39, 0.29) is 6.79 Å². The fourth-order valence-corrected chi connectivity index (χ4v) is 1.39. The highest BCUT2D eigenvalue weighted by Crippen LogP contribution is 2.34. The minimum atomic E-state index is -1.18. The van der Waals surface area contributed by atoms with Crippen LogP contribution in [-0.4, -0.2) is 24.2 Å². The zero-order valence-electron chi connectivity index (χ0n) is 7.67. The first-order chi connectivity index (χ1) is 7.22. The average molecular weight is 208 g/mol. The van der Waals surface area contributed by atoms with Gasteiger partial charge >= 0.3 is 5.97 Å². The van der Waals surface area contributed by atoms with E-state index in [1.165, 1.54) is 6.07 Å². The summed E-state index contributed by atoms with van der Waals surface area (Å²) in [6.45, 7) is 0.123. The van der Waals surface area contributed by atoms with Crippen LogP contribution < -0.4 is 9.47 Å². The molecule has 0 amide bonds. The van der Waals surface area contributed by atoms with Crippen LogP contribution >= 0.6 is 0 Å². The third-order valence-electron chi connectivity index (χ3n) is 2.16. The number of aliphatic carboxylic acids is 1. The molecular weight excluding hydrogens is 200 g/mol. The molecule has 1 unspecified atom stereocenters. The van der Waals surface area contributed by atoms with Crippen LogP contribution in [0.5, 0.6) is 11.5 Å². The molecule has 1 heterocycles. The summed E-state index contributed by atoms with van der Waals surface area (Å²) in [7, 11) is 0. The third kappa shape index (κ3) is 1.63. The summed E-state index contributed by atoms with van der Waals surface area (Å²) < 4.78 is 10.2. The Labute approximate surface area is 85.2 Å². The van der Waals surface area contributed by atoms with Crippen molar-refractivity contribution in [2.75, 3.05) is 6.79 Å². The molecule has 1 aliphatic rings. The summed E-state index contributed by atoms with van der Waals surface area (Å²) in [4.78, 5) is 21.3. The average Bonchev–Trinajstić information content (AvgIpc) is 2.65. The van der Waals surface area contributed by atoms with Crippen molar-refractivity contribution < 1.29 is 24.2 Å². The number of carbonyl (C=O) groups is 2.